The van der Waals surface area contributed by atoms with Gasteiger partial charge in [0.1, 0.15) is 13.2 Å². The van der Waals surface area contributed by atoms with E-state index in [9.17, 15) is 0 Å². The van der Waals surface area contributed by atoms with Crippen LogP contribution in [0, 0.1) is 5.41 Å². The van der Waals surface area contributed by atoms with Gasteiger partial charge >= 0.3 is 0 Å². The van der Waals surface area contributed by atoms with Crippen LogP contribution in [0.2, 0.25) is 0 Å². The topological polar surface area (TPSA) is 30.5 Å². The van der Waals surface area contributed by atoms with Gasteiger partial charge in [0.05, 0.1) is 0 Å². The summed E-state index contributed by atoms with van der Waals surface area (Å²) in [6.07, 6.45) is 0. The van der Waals surface area contributed by atoms with Crippen LogP contribution in [0.5, 0.6) is 11.5 Å². The third kappa shape index (κ3) is 3.16. The molecule has 1 aromatic carbocycles. The molecule has 1 aliphatic rings. The Morgan fingerprint density at radius 2 is 1.83 bits per heavy atom. The fraction of sp³-hybridized carbons (Fsp3) is 0.600. The number of ether oxygens (including phenoxy) is 2. The molecule has 0 radical (unpaired) electrons. The second kappa shape index (κ2) is 5.19. The van der Waals surface area contributed by atoms with E-state index in [1.54, 1.807) is 0 Å². The Hall–Kier alpha value is -1.22. The fourth-order valence-electron chi connectivity index (χ4n) is 1.77. The van der Waals surface area contributed by atoms with E-state index in [0.717, 1.165) is 18.0 Å². The number of fused-ring (bicyclic) bond motifs is 1. The lowest BCUT2D eigenvalue weighted by Gasteiger charge is -2.28. The summed E-state index contributed by atoms with van der Waals surface area (Å²) in [5, 5.41) is 3.55. The molecule has 1 heterocycles. The summed E-state index contributed by atoms with van der Waals surface area (Å²) in [5.74, 6) is 1.72. The minimum Gasteiger partial charge on any atom is -0.486 e. The van der Waals surface area contributed by atoms with Crippen molar-refractivity contribution in [2.24, 2.45) is 5.41 Å². The maximum atomic E-state index is 5.59. The highest BCUT2D eigenvalue weighted by Gasteiger charge is 2.19. The molecule has 1 aromatic rings. The summed E-state index contributed by atoms with van der Waals surface area (Å²) < 4.78 is 11.1. The molecule has 0 fully saturated rings. The molecule has 2 rings (SSSR count). The predicted molar refractivity (Wildman–Crippen MR) is 73.2 cm³/mol. The maximum Gasteiger partial charge on any atom is 0.161 e. The molecule has 0 aromatic heterocycles. The number of benzene rings is 1. The molecule has 18 heavy (non-hydrogen) atoms. The largest absolute Gasteiger partial charge is 0.486 e. The van der Waals surface area contributed by atoms with Gasteiger partial charge in [-0.3, -0.25) is 0 Å². The lowest BCUT2D eigenvalue weighted by Crippen LogP contribution is -2.37. The smallest absolute Gasteiger partial charge is 0.161 e. The minimum atomic E-state index is 0.272. The molecule has 0 amide bonds. The van der Waals surface area contributed by atoms with Crippen LogP contribution >= 0.6 is 0 Å². The Morgan fingerprint density at radius 1 is 1.17 bits per heavy atom. The van der Waals surface area contributed by atoms with Crippen molar-refractivity contribution in [2.75, 3.05) is 13.2 Å². The quantitative estimate of drug-likeness (QED) is 0.893. The first-order chi connectivity index (χ1) is 8.47. The molecule has 0 saturated heterocycles. The number of nitrogens with one attached hydrogen (secondary N) is 1. The molecule has 0 bridgehead atoms. The van der Waals surface area contributed by atoms with Crippen molar-refractivity contribution in [1.29, 1.82) is 0 Å². The van der Waals surface area contributed by atoms with Gasteiger partial charge in [0.25, 0.3) is 0 Å². The van der Waals surface area contributed by atoms with Crippen molar-refractivity contribution in [3.63, 3.8) is 0 Å². The lowest BCUT2D eigenvalue weighted by atomic mass is 9.88. The van der Waals surface area contributed by atoms with Gasteiger partial charge in [-0.2, -0.15) is 0 Å². The summed E-state index contributed by atoms with van der Waals surface area (Å²) in [5.41, 5.74) is 1.50. The Morgan fingerprint density at radius 3 is 2.50 bits per heavy atom. The molecule has 1 atom stereocenters. The first-order valence-corrected chi connectivity index (χ1v) is 6.59. The van der Waals surface area contributed by atoms with Gasteiger partial charge in [-0.15, -0.1) is 0 Å². The van der Waals surface area contributed by atoms with E-state index in [2.05, 4.69) is 45.1 Å². The highest BCUT2D eigenvalue weighted by atomic mass is 16.6. The van der Waals surface area contributed by atoms with Crippen LogP contribution in [0.4, 0.5) is 0 Å². The van der Waals surface area contributed by atoms with Crippen molar-refractivity contribution in [1.82, 2.24) is 5.32 Å². The van der Waals surface area contributed by atoms with Gasteiger partial charge in [-0.05, 0) is 30.0 Å². The Balaban J connectivity index is 1.98. The van der Waals surface area contributed by atoms with Crippen molar-refractivity contribution in [3.05, 3.63) is 23.8 Å². The van der Waals surface area contributed by atoms with Crippen LogP contribution in [0.25, 0.3) is 0 Å². The monoisotopic (exact) mass is 249 g/mol. The molecule has 1 aliphatic heterocycles. The van der Waals surface area contributed by atoms with Gasteiger partial charge < -0.3 is 14.8 Å². The summed E-state index contributed by atoms with van der Waals surface area (Å²) in [6, 6.07) is 6.62. The van der Waals surface area contributed by atoms with E-state index in [1.165, 1.54) is 5.56 Å². The van der Waals surface area contributed by atoms with E-state index in [0.29, 0.717) is 19.3 Å². The molecular formula is C15H23NO2. The van der Waals surface area contributed by atoms with E-state index < -0.39 is 0 Å². The second-order valence-corrected chi connectivity index (χ2v) is 5.95. The zero-order valence-electron chi connectivity index (χ0n) is 11.7. The van der Waals surface area contributed by atoms with Crippen molar-refractivity contribution >= 4 is 0 Å². The zero-order valence-corrected chi connectivity index (χ0v) is 11.7. The molecule has 0 spiro atoms. The number of rotatable bonds is 3. The summed E-state index contributed by atoms with van der Waals surface area (Å²) in [4.78, 5) is 0. The minimum absolute atomic E-state index is 0.272. The third-order valence-electron chi connectivity index (χ3n) is 3.52. The second-order valence-electron chi connectivity index (χ2n) is 5.95. The molecule has 1 unspecified atom stereocenters. The summed E-state index contributed by atoms with van der Waals surface area (Å²) in [7, 11) is 0. The maximum absolute atomic E-state index is 5.59. The number of hydrogen-bond donors (Lipinski definition) is 1. The van der Waals surface area contributed by atoms with E-state index in [4.69, 9.17) is 9.47 Å². The van der Waals surface area contributed by atoms with Gasteiger partial charge in [-0.25, -0.2) is 0 Å². The Labute approximate surface area is 109 Å². The summed E-state index contributed by atoms with van der Waals surface area (Å²) >= 11 is 0. The van der Waals surface area contributed by atoms with E-state index in [-0.39, 0.29) is 5.41 Å². The normalized spacial score (nSPS) is 16.4. The van der Waals surface area contributed by atoms with E-state index in [1.807, 2.05) is 6.07 Å². The molecule has 3 nitrogen and oxygen atoms in total. The standard InChI is InChI=1S/C15H23NO2/c1-11(15(2,3)4)16-10-12-5-6-13-14(9-12)18-8-7-17-13/h5-6,9,11,16H,7-8,10H2,1-4H3. The molecule has 0 aliphatic carbocycles. The lowest BCUT2D eigenvalue weighted by molar-refractivity contribution is 0.171. The molecular weight excluding hydrogens is 226 g/mol. The van der Waals surface area contributed by atoms with Crippen molar-refractivity contribution in [3.8, 4) is 11.5 Å². The zero-order chi connectivity index (χ0) is 13.2. The van der Waals surface area contributed by atoms with Crippen LogP contribution in [0.3, 0.4) is 0 Å². The predicted octanol–water partition coefficient (Wildman–Crippen LogP) is 2.98. The highest BCUT2D eigenvalue weighted by Crippen LogP contribution is 2.30. The molecule has 0 saturated carbocycles. The van der Waals surface area contributed by atoms with E-state index >= 15 is 0 Å². The summed E-state index contributed by atoms with van der Waals surface area (Å²) in [6.45, 7) is 11.1. The Bertz CT molecular complexity index is 409. The Kier molecular flexibility index (Phi) is 3.81. The van der Waals surface area contributed by atoms with Crippen molar-refractivity contribution < 1.29 is 9.47 Å². The molecule has 100 valence electrons. The van der Waals surface area contributed by atoms with Gasteiger partial charge in [-0.1, -0.05) is 26.8 Å². The van der Waals surface area contributed by atoms with Gasteiger partial charge in [0.15, 0.2) is 11.5 Å². The highest BCUT2D eigenvalue weighted by molar-refractivity contribution is 5.43. The first kappa shape index (κ1) is 13.2. The van der Waals surface area contributed by atoms with Crippen LogP contribution in [-0.2, 0) is 6.54 Å². The van der Waals surface area contributed by atoms with Crippen LogP contribution in [0.15, 0.2) is 18.2 Å². The van der Waals surface area contributed by atoms with Gasteiger partial charge in [0, 0.05) is 12.6 Å². The third-order valence-corrected chi connectivity index (χ3v) is 3.52. The van der Waals surface area contributed by atoms with Crippen LogP contribution < -0.4 is 14.8 Å². The number of hydrogen-bond acceptors (Lipinski definition) is 3. The average molecular weight is 249 g/mol. The van der Waals surface area contributed by atoms with Crippen LogP contribution in [-0.4, -0.2) is 19.3 Å². The van der Waals surface area contributed by atoms with Crippen molar-refractivity contribution in [2.45, 2.75) is 40.3 Å². The molecule has 1 N–H and O–H groups in total. The molecule has 3 heteroatoms. The average Bonchev–Trinajstić information content (AvgIpc) is 2.34. The van der Waals surface area contributed by atoms with Gasteiger partial charge in [0.2, 0.25) is 0 Å². The first-order valence-electron chi connectivity index (χ1n) is 6.59. The fourth-order valence-corrected chi connectivity index (χ4v) is 1.77. The SMILES string of the molecule is CC(NCc1ccc2c(c1)OCCO2)C(C)(C)C. The van der Waals surface area contributed by atoms with Crippen LogP contribution in [0.1, 0.15) is 33.3 Å².